The highest BCUT2D eigenvalue weighted by atomic mass is 16.1. The molecule has 1 heterocycles. The van der Waals surface area contributed by atoms with Crippen LogP contribution >= 0.6 is 0 Å². The normalized spacial score (nSPS) is 12.9. The molecule has 1 aliphatic rings. The fourth-order valence-corrected chi connectivity index (χ4v) is 2.04. The average Bonchev–Trinajstić information content (AvgIpc) is 2.58. The van der Waals surface area contributed by atoms with Crippen molar-refractivity contribution in [3.63, 3.8) is 0 Å². The zero-order valence-corrected chi connectivity index (χ0v) is 8.08. The van der Waals surface area contributed by atoms with Gasteiger partial charge in [0.1, 0.15) is 0 Å². The Morgan fingerprint density at radius 3 is 2.93 bits per heavy atom. The lowest BCUT2D eigenvalue weighted by Crippen LogP contribution is -2.04. The Morgan fingerprint density at radius 2 is 2.13 bits per heavy atom. The molecule has 2 aromatic rings. The van der Waals surface area contributed by atoms with Crippen LogP contribution in [0.3, 0.4) is 0 Å². The van der Waals surface area contributed by atoms with Crippen LogP contribution < -0.4 is 5.32 Å². The number of hydrogen-bond acceptors (Lipinski definition) is 1. The molecule has 0 aromatic heterocycles. The molecule has 0 radical (unpaired) electrons. The van der Waals surface area contributed by atoms with Crippen LogP contribution in [-0.2, 0) is 0 Å². The minimum Gasteiger partial charge on any atom is -0.321 e. The third-order valence-electron chi connectivity index (χ3n) is 2.73. The van der Waals surface area contributed by atoms with E-state index in [4.69, 9.17) is 0 Å². The van der Waals surface area contributed by atoms with Crippen LogP contribution in [0.15, 0.2) is 36.9 Å². The molecule has 0 spiro atoms. The number of benzene rings is 2. The second kappa shape index (κ2) is 2.70. The van der Waals surface area contributed by atoms with E-state index in [0.29, 0.717) is 0 Å². The zero-order valence-electron chi connectivity index (χ0n) is 8.08. The van der Waals surface area contributed by atoms with Crippen LogP contribution in [-0.4, -0.2) is 5.91 Å². The van der Waals surface area contributed by atoms with Gasteiger partial charge in [-0.05, 0) is 29.1 Å². The van der Waals surface area contributed by atoms with Gasteiger partial charge in [-0.3, -0.25) is 4.79 Å². The molecule has 0 unspecified atom stereocenters. The van der Waals surface area contributed by atoms with E-state index in [1.165, 1.54) is 0 Å². The summed E-state index contributed by atoms with van der Waals surface area (Å²) < 4.78 is 0. The Bertz CT molecular complexity index is 599. The van der Waals surface area contributed by atoms with Crippen LogP contribution in [0.2, 0.25) is 0 Å². The third-order valence-corrected chi connectivity index (χ3v) is 2.73. The van der Waals surface area contributed by atoms with E-state index in [9.17, 15) is 4.79 Å². The minimum absolute atomic E-state index is 0.0232. The number of carbonyl (C=O) groups is 1. The van der Waals surface area contributed by atoms with Gasteiger partial charge in [0.15, 0.2) is 0 Å². The summed E-state index contributed by atoms with van der Waals surface area (Å²) in [7, 11) is 0. The van der Waals surface area contributed by atoms with E-state index in [0.717, 1.165) is 27.6 Å². The molecule has 2 nitrogen and oxygen atoms in total. The standard InChI is InChI=1S/C13H9NO/c1-2-8-6-9-4-3-5-11-12(9)10(7-8)13(15)14-11/h2-7H,1H2,(H,14,15). The van der Waals surface area contributed by atoms with E-state index >= 15 is 0 Å². The molecule has 3 rings (SSSR count). The first-order valence-electron chi connectivity index (χ1n) is 4.80. The highest BCUT2D eigenvalue weighted by Crippen LogP contribution is 2.33. The number of nitrogens with one attached hydrogen (secondary N) is 1. The summed E-state index contributed by atoms with van der Waals surface area (Å²) in [4.78, 5) is 11.7. The first-order chi connectivity index (χ1) is 7.29. The van der Waals surface area contributed by atoms with Gasteiger partial charge in [-0.1, -0.05) is 24.8 Å². The smallest absolute Gasteiger partial charge is 0.256 e. The summed E-state index contributed by atoms with van der Waals surface area (Å²) >= 11 is 0. The van der Waals surface area contributed by atoms with E-state index in [2.05, 4.69) is 11.9 Å². The maximum absolute atomic E-state index is 11.7. The van der Waals surface area contributed by atoms with Crippen molar-refractivity contribution in [2.75, 3.05) is 5.32 Å². The monoisotopic (exact) mass is 195 g/mol. The van der Waals surface area contributed by atoms with Gasteiger partial charge in [0, 0.05) is 11.1 Å². The Hall–Kier alpha value is -2.09. The Labute approximate surface area is 87.2 Å². The first kappa shape index (κ1) is 8.24. The molecule has 0 fully saturated rings. The number of amides is 1. The molecule has 1 aliphatic heterocycles. The van der Waals surface area contributed by atoms with E-state index in [1.54, 1.807) is 6.08 Å². The molecule has 72 valence electrons. The van der Waals surface area contributed by atoms with Crippen LogP contribution in [0.5, 0.6) is 0 Å². The van der Waals surface area contributed by atoms with Gasteiger partial charge in [-0.2, -0.15) is 0 Å². The molecular weight excluding hydrogens is 186 g/mol. The summed E-state index contributed by atoms with van der Waals surface area (Å²) in [5, 5.41) is 4.95. The molecule has 0 saturated heterocycles. The summed E-state index contributed by atoms with van der Waals surface area (Å²) in [5.41, 5.74) is 2.63. The van der Waals surface area contributed by atoms with Crippen molar-refractivity contribution in [2.45, 2.75) is 0 Å². The molecule has 0 atom stereocenters. The Kier molecular flexibility index (Phi) is 1.48. The lowest BCUT2D eigenvalue weighted by Gasteiger charge is -2.01. The van der Waals surface area contributed by atoms with Crippen LogP contribution in [0.1, 0.15) is 15.9 Å². The predicted molar refractivity (Wildman–Crippen MR) is 62.0 cm³/mol. The van der Waals surface area contributed by atoms with Gasteiger partial charge in [0.2, 0.25) is 0 Å². The van der Waals surface area contributed by atoms with Crippen molar-refractivity contribution >= 4 is 28.4 Å². The van der Waals surface area contributed by atoms with Crippen molar-refractivity contribution in [1.82, 2.24) is 0 Å². The number of carbonyl (C=O) groups excluding carboxylic acids is 1. The third kappa shape index (κ3) is 1.02. The van der Waals surface area contributed by atoms with E-state index < -0.39 is 0 Å². The Balaban J connectivity index is 2.51. The van der Waals surface area contributed by atoms with Gasteiger partial charge in [0.25, 0.3) is 5.91 Å². The maximum atomic E-state index is 11.7. The fourth-order valence-electron chi connectivity index (χ4n) is 2.04. The van der Waals surface area contributed by atoms with Crippen molar-refractivity contribution < 1.29 is 4.79 Å². The molecule has 1 N–H and O–H groups in total. The van der Waals surface area contributed by atoms with Gasteiger partial charge < -0.3 is 5.32 Å². The topological polar surface area (TPSA) is 29.1 Å². The van der Waals surface area contributed by atoms with Crippen molar-refractivity contribution in [2.24, 2.45) is 0 Å². The largest absolute Gasteiger partial charge is 0.321 e. The maximum Gasteiger partial charge on any atom is 0.256 e. The zero-order chi connectivity index (χ0) is 10.4. The fraction of sp³-hybridized carbons (Fsp3) is 0. The minimum atomic E-state index is -0.0232. The van der Waals surface area contributed by atoms with Crippen LogP contribution in [0.25, 0.3) is 16.8 Å². The summed E-state index contributed by atoms with van der Waals surface area (Å²) in [6.45, 7) is 3.72. The molecule has 2 aromatic carbocycles. The molecule has 1 amide bonds. The molecule has 0 saturated carbocycles. The SMILES string of the molecule is C=Cc1cc2c3c(cccc3c1)NC2=O. The lowest BCUT2D eigenvalue weighted by molar-refractivity contribution is 0.103. The number of rotatable bonds is 1. The highest BCUT2D eigenvalue weighted by Gasteiger charge is 2.21. The molecule has 0 bridgehead atoms. The van der Waals surface area contributed by atoms with Gasteiger partial charge in [-0.25, -0.2) is 0 Å². The van der Waals surface area contributed by atoms with E-state index in [1.807, 2.05) is 30.3 Å². The second-order valence-electron chi connectivity index (χ2n) is 3.63. The second-order valence-corrected chi connectivity index (χ2v) is 3.63. The average molecular weight is 195 g/mol. The van der Waals surface area contributed by atoms with E-state index in [-0.39, 0.29) is 5.91 Å². The summed E-state index contributed by atoms with van der Waals surface area (Å²) in [6, 6.07) is 9.79. The molecular formula is C13H9NO. The van der Waals surface area contributed by atoms with Crippen LogP contribution in [0, 0.1) is 0 Å². The number of hydrogen-bond donors (Lipinski definition) is 1. The molecule has 2 heteroatoms. The quantitative estimate of drug-likeness (QED) is 0.744. The molecule has 0 aliphatic carbocycles. The first-order valence-corrected chi connectivity index (χ1v) is 4.80. The Morgan fingerprint density at radius 1 is 1.27 bits per heavy atom. The number of anilines is 1. The van der Waals surface area contributed by atoms with Crippen molar-refractivity contribution in [1.29, 1.82) is 0 Å². The van der Waals surface area contributed by atoms with Gasteiger partial charge in [0.05, 0.1) is 5.56 Å². The lowest BCUT2D eigenvalue weighted by atomic mass is 10.0. The van der Waals surface area contributed by atoms with Crippen molar-refractivity contribution in [3.05, 3.63) is 48.0 Å². The molecule has 15 heavy (non-hydrogen) atoms. The summed E-state index contributed by atoms with van der Waals surface area (Å²) in [6.07, 6.45) is 1.76. The highest BCUT2D eigenvalue weighted by molar-refractivity contribution is 6.24. The van der Waals surface area contributed by atoms with Gasteiger partial charge in [-0.15, -0.1) is 0 Å². The van der Waals surface area contributed by atoms with Crippen molar-refractivity contribution in [3.8, 4) is 0 Å². The van der Waals surface area contributed by atoms with Gasteiger partial charge >= 0.3 is 0 Å². The van der Waals surface area contributed by atoms with Crippen LogP contribution in [0.4, 0.5) is 5.69 Å². The summed E-state index contributed by atoms with van der Waals surface area (Å²) in [5.74, 6) is -0.0232. The predicted octanol–water partition coefficient (Wildman–Crippen LogP) is 3.05.